The summed E-state index contributed by atoms with van der Waals surface area (Å²) in [5, 5.41) is 3.60. The van der Waals surface area contributed by atoms with E-state index in [0.717, 1.165) is 0 Å². The van der Waals surface area contributed by atoms with Crippen molar-refractivity contribution in [1.29, 1.82) is 0 Å². The molecule has 0 aromatic carbocycles. The molecule has 1 heterocycles. The number of rotatable bonds is 0. The number of allylic oxidation sites excluding steroid dienone is 5. The van der Waals surface area contributed by atoms with Crippen molar-refractivity contribution in [2.24, 2.45) is 5.10 Å². The van der Waals surface area contributed by atoms with Crippen LogP contribution in [0.2, 0.25) is 0 Å². The summed E-state index contributed by atoms with van der Waals surface area (Å²) < 4.78 is 0. The third-order valence-corrected chi connectivity index (χ3v) is 1.77. The van der Waals surface area contributed by atoms with Gasteiger partial charge in [-0.1, -0.05) is 12.2 Å². The number of hydrogen-bond acceptors (Lipinski definition) is 3. The van der Waals surface area contributed by atoms with Crippen LogP contribution in [0, 0.1) is 0 Å². The Morgan fingerprint density at radius 3 is 2.31 bits per heavy atom. The molecule has 0 radical (unpaired) electrons. The van der Waals surface area contributed by atoms with Gasteiger partial charge in [-0.25, -0.2) is 5.43 Å². The van der Waals surface area contributed by atoms with Crippen LogP contribution in [0.25, 0.3) is 0 Å². The van der Waals surface area contributed by atoms with E-state index in [0.29, 0.717) is 11.1 Å². The minimum Gasteiger partial charge on any atom is -0.290 e. The number of carbonyl (C=O) groups is 2. The van der Waals surface area contributed by atoms with Crippen LogP contribution in [0.15, 0.2) is 40.6 Å². The molecule has 4 nitrogen and oxygen atoms in total. The zero-order chi connectivity index (χ0) is 9.26. The number of nitrogens with zero attached hydrogens (tertiary/aromatic N) is 1. The first kappa shape index (κ1) is 7.67. The molecule has 1 aliphatic heterocycles. The molecule has 0 aromatic rings. The first-order valence-electron chi connectivity index (χ1n) is 3.75. The Hall–Kier alpha value is -1.97. The zero-order valence-electron chi connectivity index (χ0n) is 6.65. The lowest BCUT2D eigenvalue weighted by molar-refractivity contribution is -0.116. The summed E-state index contributed by atoms with van der Waals surface area (Å²) in [6.07, 6.45) is 7.49. The minimum atomic E-state index is -0.237. The quantitative estimate of drug-likeness (QED) is 0.529. The highest BCUT2D eigenvalue weighted by Gasteiger charge is 2.16. The van der Waals surface area contributed by atoms with Crippen molar-refractivity contribution < 1.29 is 9.59 Å². The average molecular weight is 174 g/mol. The minimum absolute atomic E-state index is 0.0697. The van der Waals surface area contributed by atoms with E-state index in [9.17, 15) is 9.59 Å². The van der Waals surface area contributed by atoms with Crippen LogP contribution in [-0.2, 0) is 9.59 Å². The number of amides is 1. The Morgan fingerprint density at radius 1 is 1.08 bits per heavy atom. The van der Waals surface area contributed by atoms with Gasteiger partial charge in [0.25, 0.3) is 5.91 Å². The molecule has 0 atom stereocenters. The Bertz CT molecular complexity index is 382. The van der Waals surface area contributed by atoms with Crippen LogP contribution in [0.4, 0.5) is 0 Å². The summed E-state index contributed by atoms with van der Waals surface area (Å²) in [4.78, 5) is 21.9. The molecule has 4 heteroatoms. The van der Waals surface area contributed by atoms with E-state index in [1.165, 1.54) is 18.4 Å². The summed E-state index contributed by atoms with van der Waals surface area (Å²) in [6.45, 7) is 0. The molecule has 13 heavy (non-hydrogen) atoms. The van der Waals surface area contributed by atoms with E-state index >= 15 is 0 Å². The molecule has 1 aliphatic carbocycles. The molecule has 0 unspecified atom stereocenters. The molecule has 1 N–H and O–H groups in total. The highest BCUT2D eigenvalue weighted by atomic mass is 16.2. The van der Waals surface area contributed by atoms with E-state index < -0.39 is 0 Å². The Morgan fingerprint density at radius 2 is 1.77 bits per heavy atom. The molecule has 0 bridgehead atoms. The molecule has 2 aliphatic rings. The summed E-state index contributed by atoms with van der Waals surface area (Å²) >= 11 is 0. The molecular formula is C9H6N2O2. The second-order valence-electron chi connectivity index (χ2n) is 2.64. The van der Waals surface area contributed by atoms with E-state index in [2.05, 4.69) is 10.5 Å². The van der Waals surface area contributed by atoms with E-state index in [1.54, 1.807) is 12.2 Å². The van der Waals surface area contributed by atoms with Gasteiger partial charge >= 0.3 is 0 Å². The summed E-state index contributed by atoms with van der Waals surface area (Å²) in [5.74, 6) is -0.307. The lowest BCUT2D eigenvalue weighted by atomic mass is 10.0. The van der Waals surface area contributed by atoms with Gasteiger partial charge in [-0.05, 0) is 17.7 Å². The largest absolute Gasteiger partial charge is 0.290 e. The molecule has 0 saturated heterocycles. The molecule has 2 rings (SSSR count). The fourth-order valence-corrected chi connectivity index (χ4v) is 1.11. The fraction of sp³-hybridized carbons (Fsp3) is 0. The smallest absolute Gasteiger partial charge is 0.273 e. The maximum Gasteiger partial charge on any atom is 0.273 e. The number of hydrogen-bond donors (Lipinski definition) is 1. The molecule has 0 spiro atoms. The van der Waals surface area contributed by atoms with Crippen molar-refractivity contribution in [2.75, 3.05) is 0 Å². The van der Waals surface area contributed by atoms with Gasteiger partial charge in [0.15, 0.2) is 5.78 Å². The summed E-state index contributed by atoms with van der Waals surface area (Å²) in [5.41, 5.74) is 3.49. The normalized spacial score (nSPS) is 20.0. The first-order chi connectivity index (χ1) is 6.27. The average Bonchev–Trinajstić information content (AvgIpc) is 2.53. The van der Waals surface area contributed by atoms with Crippen LogP contribution in [-0.4, -0.2) is 17.9 Å². The molecular weight excluding hydrogens is 168 g/mol. The lowest BCUT2D eigenvalue weighted by Crippen LogP contribution is -2.13. The van der Waals surface area contributed by atoms with Crippen molar-refractivity contribution in [3.63, 3.8) is 0 Å². The van der Waals surface area contributed by atoms with E-state index in [-0.39, 0.29) is 11.7 Å². The van der Waals surface area contributed by atoms with Gasteiger partial charge in [-0.3, -0.25) is 9.59 Å². The van der Waals surface area contributed by atoms with Crippen LogP contribution in [0.3, 0.4) is 0 Å². The second-order valence-corrected chi connectivity index (χ2v) is 2.64. The van der Waals surface area contributed by atoms with Crippen molar-refractivity contribution in [3.8, 4) is 0 Å². The Labute approximate surface area is 74.3 Å². The third-order valence-electron chi connectivity index (χ3n) is 1.77. The maximum absolute atomic E-state index is 11.1. The zero-order valence-corrected chi connectivity index (χ0v) is 6.65. The topological polar surface area (TPSA) is 58.5 Å². The second kappa shape index (κ2) is 2.82. The monoisotopic (exact) mass is 174 g/mol. The highest BCUT2D eigenvalue weighted by Crippen LogP contribution is 2.13. The Balaban J connectivity index is 2.40. The number of carbonyl (C=O) groups excluding carboxylic acids is 2. The van der Waals surface area contributed by atoms with Crippen LogP contribution in [0.1, 0.15) is 0 Å². The summed E-state index contributed by atoms with van der Waals surface area (Å²) in [7, 11) is 0. The van der Waals surface area contributed by atoms with Crippen molar-refractivity contribution in [1.82, 2.24) is 5.43 Å². The predicted molar refractivity (Wildman–Crippen MR) is 46.9 cm³/mol. The van der Waals surface area contributed by atoms with Gasteiger partial charge in [0.2, 0.25) is 0 Å². The SMILES string of the molecule is O=C1C=CC(=C2C=NNC2=O)C=C1. The first-order valence-corrected chi connectivity index (χ1v) is 3.75. The van der Waals surface area contributed by atoms with Gasteiger partial charge < -0.3 is 0 Å². The Kier molecular flexibility index (Phi) is 1.66. The summed E-state index contributed by atoms with van der Waals surface area (Å²) in [6, 6.07) is 0. The standard InChI is InChI=1S/C9H6N2O2/c12-7-3-1-6(2-4-7)8-5-10-11-9(8)13/h1-5H,(H,11,13). The molecule has 0 fully saturated rings. The van der Waals surface area contributed by atoms with Crippen molar-refractivity contribution >= 4 is 17.9 Å². The third kappa shape index (κ3) is 1.33. The van der Waals surface area contributed by atoms with E-state index in [1.807, 2.05) is 0 Å². The van der Waals surface area contributed by atoms with Crippen molar-refractivity contribution in [3.05, 3.63) is 35.5 Å². The number of hydrazone groups is 1. The van der Waals surface area contributed by atoms with Crippen molar-refractivity contribution in [2.45, 2.75) is 0 Å². The fourth-order valence-electron chi connectivity index (χ4n) is 1.11. The maximum atomic E-state index is 11.1. The highest BCUT2D eigenvalue weighted by molar-refractivity contribution is 6.17. The van der Waals surface area contributed by atoms with Gasteiger partial charge in [0.05, 0.1) is 11.8 Å². The molecule has 64 valence electrons. The molecule has 0 aromatic heterocycles. The molecule has 0 saturated carbocycles. The van der Waals surface area contributed by atoms with Gasteiger partial charge in [-0.2, -0.15) is 5.10 Å². The lowest BCUT2D eigenvalue weighted by Gasteiger charge is -2.00. The van der Waals surface area contributed by atoms with Crippen LogP contribution < -0.4 is 5.43 Å². The van der Waals surface area contributed by atoms with Gasteiger partial charge in [0, 0.05) is 0 Å². The van der Waals surface area contributed by atoms with Crippen LogP contribution >= 0.6 is 0 Å². The number of nitrogens with one attached hydrogen (secondary N) is 1. The molecule has 1 amide bonds. The van der Waals surface area contributed by atoms with Crippen LogP contribution in [0.5, 0.6) is 0 Å². The predicted octanol–water partition coefficient (Wildman–Crippen LogP) is 0.0937. The van der Waals surface area contributed by atoms with Gasteiger partial charge in [-0.15, -0.1) is 0 Å². The van der Waals surface area contributed by atoms with Gasteiger partial charge in [0.1, 0.15) is 0 Å². The van der Waals surface area contributed by atoms with E-state index in [4.69, 9.17) is 0 Å². The number of ketones is 1.